The van der Waals surface area contributed by atoms with Crippen LogP contribution in [0.1, 0.15) is 32.6 Å². The van der Waals surface area contributed by atoms with Crippen LogP contribution >= 0.6 is 0 Å². The summed E-state index contributed by atoms with van der Waals surface area (Å²) in [5, 5.41) is 0. The van der Waals surface area contributed by atoms with Gasteiger partial charge < -0.3 is 0 Å². The second-order valence-electron chi connectivity index (χ2n) is 2.76. The van der Waals surface area contributed by atoms with Gasteiger partial charge in [0.2, 0.25) is 0 Å². The summed E-state index contributed by atoms with van der Waals surface area (Å²) in [6.45, 7) is 1.75. The Labute approximate surface area is 66.3 Å². The van der Waals surface area contributed by atoms with Crippen molar-refractivity contribution in [1.82, 2.24) is 0 Å². The lowest BCUT2D eigenvalue weighted by atomic mass is 10.1. The van der Waals surface area contributed by atoms with Crippen LogP contribution < -0.4 is 0 Å². The van der Waals surface area contributed by atoms with E-state index in [1.54, 1.807) is 13.0 Å². The quantitative estimate of drug-likeness (QED) is 0.300. The van der Waals surface area contributed by atoms with Crippen molar-refractivity contribution in [3.8, 4) is 0 Å². The minimum Gasteiger partial charge on any atom is -0.294 e. The zero-order valence-corrected chi connectivity index (χ0v) is 6.72. The molecule has 60 valence electrons. The van der Waals surface area contributed by atoms with Gasteiger partial charge in [0.25, 0.3) is 0 Å². The van der Waals surface area contributed by atoms with E-state index in [2.05, 4.69) is 0 Å². The van der Waals surface area contributed by atoms with E-state index < -0.39 is 0 Å². The van der Waals surface area contributed by atoms with E-state index in [-0.39, 0.29) is 11.6 Å². The Kier molecular flexibility index (Phi) is 2.58. The maximum Gasteiger partial charge on any atom is 0.166 e. The Hall–Kier alpha value is -0.920. The summed E-state index contributed by atoms with van der Waals surface area (Å²) in [5.41, 5.74) is 0.419. The van der Waals surface area contributed by atoms with Crippen molar-refractivity contribution in [3.63, 3.8) is 0 Å². The molecule has 0 aromatic carbocycles. The second-order valence-corrected chi connectivity index (χ2v) is 2.76. The molecule has 0 heterocycles. The lowest BCUT2D eigenvalue weighted by Gasteiger charge is -1.96. The van der Waals surface area contributed by atoms with Crippen LogP contribution in [-0.2, 0) is 9.59 Å². The Morgan fingerprint density at radius 3 is 1.91 bits per heavy atom. The van der Waals surface area contributed by atoms with Gasteiger partial charge in [-0.3, -0.25) is 9.59 Å². The largest absolute Gasteiger partial charge is 0.294 e. The standard InChI is InChI=1S/C9H12O2/c1-2-7-8(10)5-3-4-6-9(7)11/h2H,3-6H2,1H3. The molecule has 0 aliphatic heterocycles. The van der Waals surface area contributed by atoms with E-state index in [0.717, 1.165) is 12.8 Å². The van der Waals surface area contributed by atoms with Gasteiger partial charge in [-0.25, -0.2) is 0 Å². The number of hydrogen-bond acceptors (Lipinski definition) is 2. The van der Waals surface area contributed by atoms with Gasteiger partial charge in [0.15, 0.2) is 11.6 Å². The van der Waals surface area contributed by atoms with Gasteiger partial charge in [0.05, 0.1) is 5.57 Å². The molecule has 0 bridgehead atoms. The van der Waals surface area contributed by atoms with Crippen molar-refractivity contribution in [2.45, 2.75) is 32.6 Å². The molecule has 2 heteroatoms. The molecular weight excluding hydrogens is 140 g/mol. The number of allylic oxidation sites excluding steroid dienone is 2. The van der Waals surface area contributed by atoms with E-state index in [1.807, 2.05) is 0 Å². The minimum atomic E-state index is 0.0231. The summed E-state index contributed by atoms with van der Waals surface area (Å²) < 4.78 is 0. The molecule has 1 aliphatic carbocycles. The maximum absolute atomic E-state index is 11.2. The molecule has 0 spiro atoms. The van der Waals surface area contributed by atoms with E-state index >= 15 is 0 Å². The molecule has 0 N–H and O–H groups in total. The Morgan fingerprint density at radius 2 is 1.55 bits per heavy atom. The number of carbonyl (C=O) groups excluding carboxylic acids is 2. The first-order valence-corrected chi connectivity index (χ1v) is 3.98. The zero-order chi connectivity index (χ0) is 8.27. The summed E-state index contributed by atoms with van der Waals surface area (Å²) >= 11 is 0. The third-order valence-electron chi connectivity index (χ3n) is 1.95. The number of rotatable bonds is 0. The third kappa shape index (κ3) is 1.76. The van der Waals surface area contributed by atoms with Gasteiger partial charge in [-0.2, -0.15) is 0 Å². The SMILES string of the molecule is CC=C1C(=O)CCCCC1=O. The first kappa shape index (κ1) is 8.18. The van der Waals surface area contributed by atoms with Gasteiger partial charge in [0, 0.05) is 12.8 Å². The fraction of sp³-hybridized carbons (Fsp3) is 0.556. The van der Waals surface area contributed by atoms with Gasteiger partial charge in [-0.1, -0.05) is 6.08 Å². The molecule has 0 unspecified atom stereocenters. The highest BCUT2D eigenvalue weighted by Crippen LogP contribution is 2.15. The topological polar surface area (TPSA) is 34.1 Å². The smallest absolute Gasteiger partial charge is 0.166 e. The van der Waals surface area contributed by atoms with Crippen molar-refractivity contribution in [1.29, 1.82) is 0 Å². The van der Waals surface area contributed by atoms with Crippen LogP contribution in [0.3, 0.4) is 0 Å². The highest BCUT2D eigenvalue weighted by molar-refractivity contribution is 6.20. The van der Waals surface area contributed by atoms with Crippen LogP contribution in [-0.4, -0.2) is 11.6 Å². The maximum atomic E-state index is 11.2. The van der Waals surface area contributed by atoms with Crippen LogP contribution in [0.2, 0.25) is 0 Å². The van der Waals surface area contributed by atoms with Gasteiger partial charge >= 0.3 is 0 Å². The van der Waals surface area contributed by atoms with E-state index in [0.29, 0.717) is 18.4 Å². The normalized spacial score (nSPS) is 19.9. The van der Waals surface area contributed by atoms with Gasteiger partial charge in [-0.05, 0) is 19.8 Å². The molecule has 11 heavy (non-hydrogen) atoms. The van der Waals surface area contributed by atoms with Crippen LogP contribution in [0.4, 0.5) is 0 Å². The monoisotopic (exact) mass is 152 g/mol. The van der Waals surface area contributed by atoms with Crippen LogP contribution in [0.15, 0.2) is 11.6 Å². The number of hydrogen-bond donors (Lipinski definition) is 0. The molecule has 2 nitrogen and oxygen atoms in total. The molecule has 1 fully saturated rings. The highest BCUT2D eigenvalue weighted by Gasteiger charge is 2.19. The summed E-state index contributed by atoms with van der Waals surface area (Å²) in [6, 6.07) is 0. The molecule has 0 radical (unpaired) electrons. The second kappa shape index (κ2) is 3.46. The summed E-state index contributed by atoms with van der Waals surface area (Å²) in [7, 11) is 0. The Bertz CT molecular complexity index is 194. The fourth-order valence-corrected chi connectivity index (χ4v) is 1.32. The predicted molar refractivity (Wildman–Crippen MR) is 42.2 cm³/mol. The van der Waals surface area contributed by atoms with Crippen molar-refractivity contribution in [2.75, 3.05) is 0 Å². The van der Waals surface area contributed by atoms with Crippen molar-refractivity contribution >= 4 is 11.6 Å². The van der Waals surface area contributed by atoms with E-state index in [1.165, 1.54) is 0 Å². The van der Waals surface area contributed by atoms with Crippen LogP contribution in [0.5, 0.6) is 0 Å². The average molecular weight is 152 g/mol. The van der Waals surface area contributed by atoms with Crippen molar-refractivity contribution in [3.05, 3.63) is 11.6 Å². The van der Waals surface area contributed by atoms with Crippen molar-refractivity contribution < 1.29 is 9.59 Å². The fourth-order valence-electron chi connectivity index (χ4n) is 1.32. The molecule has 1 saturated carbocycles. The molecule has 1 aliphatic rings. The minimum absolute atomic E-state index is 0.0231. The number of Topliss-reactive ketones (excluding diaryl/α,β-unsaturated/α-hetero) is 2. The lowest BCUT2D eigenvalue weighted by Crippen LogP contribution is -2.08. The van der Waals surface area contributed by atoms with Crippen LogP contribution in [0, 0.1) is 0 Å². The highest BCUT2D eigenvalue weighted by atomic mass is 16.1. The zero-order valence-electron chi connectivity index (χ0n) is 6.72. The summed E-state index contributed by atoms with van der Waals surface area (Å²) in [6.07, 6.45) is 4.46. The van der Waals surface area contributed by atoms with Crippen LogP contribution in [0.25, 0.3) is 0 Å². The molecular formula is C9H12O2. The first-order valence-electron chi connectivity index (χ1n) is 3.98. The van der Waals surface area contributed by atoms with Crippen molar-refractivity contribution in [2.24, 2.45) is 0 Å². The molecule has 0 atom stereocenters. The summed E-state index contributed by atoms with van der Waals surface area (Å²) in [5.74, 6) is 0.0463. The summed E-state index contributed by atoms with van der Waals surface area (Å²) in [4.78, 5) is 22.3. The number of ketones is 2. The van der Waals surface area contributed by atoms with E-state index in [4.69, 9.17) is 0 Å². The third-order valence-corrected chi connectivity index (χ3v) is 1.95. The molecule has 0 saturated heterocycles. The molecule has 0 aromatic heterocycles. The van der Waals surface area contributed by atoms with Gasteiger partial charge in [-0.15, -0.1) is 0 Å². The molecule has 0 aromatic rings. The number of carbonyl (C=O) groups is 2. The van der Waals surface area contributed by atoms with Gasteiger partial charge in [0.1, 0.15) is 0 Å². The first-order chi connectivity index (χ1) is 5.25. The molecule has 0 amide bonds. The predicted octanol–water partition coefficient (Wildman–Crippen LogP) is 1.64. The molecule has 1 rings (SSSR count). The Balaban J connectivity index is 2.84. The van der Waals surface area contributed by atoms with E-state index in [9.17, 15) is 9.59 Å². The average Bonchev–Trinajstić information content (AvgIpc) is 2.12. The Morgan fingerprint density at radius 1 is 1.09 bits per heavy atom. The lowest BCUT2D eigenvalue weighted by molar-refractivity contribution is -0.120.